The van der Waals surface area contributed by atoms with Crippen LogP contribution in [0.5, 0.6) is 0 Å². The summed E-state index contributed by atoms with van der Waals surface area (Å²) >= 11 is 0. The lowest BCUT2D eigenvalue weighted by molar-refractivity contribution is -0.142. The van der Waals surface area contributed by atoms with E-state index in [9.17, 15) is 34.2 Å². The monoisotopic (exact) mass is 843 g/mol. The van der Waals surface area contributed by atoms with E-state index in [0.29, 0.717) is 25.1 Å². The number of carboxylic acid groups (broad SMARTS) is 1. The highest BCUT2D eigenvalue weighted by Gasteiger charge is 2.32. The lowest BCUT2D eigenvalue weighted by Crippen LogP contribution is -2.57. The van der Waals surface area contributed by atoms with Crippen molar-refractivity contribution in [3.05, 3.63) is 102 Å². The molecular weight excluding hydrogens is 789 g/mol. The Morgan fingerprint density at radius 1 is 0.810 bits per heavy atom. The summed E-state index contributed by atoms with van der Waals surface area (Å²) in [5.74, 6) is -3.24. The van der Waals surface area contributed by atoms with E-state index in [4.69, 9.17) is 10.5 Å². The summed E-state index contributed by atoms with van der Waals surface area (Å²) in [4.78, 5) is 73.0. The predicted molar refractivity (Wildman–Crippen MR) is 224 cm³/mol. The largest absolute Gasteiger partial charge is 0.480 e. The molecule has 9 N–H and O–H groups in total. The van der Waals surface area contributed by atoms with Crippen molar-refractivity contribution in [2.45, 2.75) is 95.7 Å². The van der Waals surface area contributed by atoms with Gasteiger partial charge < -0.3 is 46.9 Å². The number of nitrogens with zero attached hydrogens (tertiary/aromatic N) is 1. The number of nitrogens with one attached hydrogen (secondary N) is 5. The van der Waals surface area contributed by atoms with Gasteiger partial charge in [-0.1, -0.05) is 86.6 Å². The summed E-state index contributed by atoms with van der Waals surface area (Å²) in [5, 5.41) is 33.4. The first-order valence-electron chi connectivity index (χ1n) is 18.9. The number of aliphatic hydroxyl groups is 1. The Morgan fingerprint density at radius 3 is 2.16 bits per heavy atom. The second-order valence-corrected chi connectivity index (χ2v) is 14.2. The Bertz CT molecular complexity index is 1880. The van der Waals surface area contributed by atoms with Crippen LogP contribution in [-0.4, -0.2) is 86.8 Å². The van der Waals surface area contributed by atoms with Gasteiger partial charge in [-0.25, -0.2) is 14.6 Å². The number of aliphatic hydroxyl groups excluding tert-OH is 1. The molecule has 3 aromatic carbocycles. The molecule has 1 aromatic heterocycles. The maximum atomic E-state index is 14.2. The molecule has 5 atom stereocenters. The predicted octanol–water partition coefficient (Wildman–Crippen LogP) is 3.95. The minimum absolute atomic E-state index is 0. The van der Waals surface area contributed by atoms with Crippen LogP contribution in [0.1, 0.15) is 62.8 Å². The normalized spacial score (nSPS) is 13.4. The number of amides is 4. The lowest BCUT2D eigenvalue weighted by atomic mass is 9.96. The molecule has 0 saturated carbocycles. The third-order valence-electron chi connectivity index (χ3n) is 9.23. The van der Waals surface area contributed by atoms with Gasteiger partial charge >= 0.3 is 12.1 Å². The highest BCUT2D eigenvalue weighted by Crippen LogP contribution is 2.20. The van der Waals surface area contributed by atoms with Crippen LogP contribution >= 0.6 is 24.8 Å². The van der Waals surface area contributed by atoms with Gasteiger partial charge in [0.25, 0.3) is 0 Å². The molecule has 17 heteroatoms. The molecule has 0 unspecified atom stereocenters. The number of aromatic nitrogens is 2. The molecule has 0 aliphatic heterocycles. The van der Waals surface area contributed by atoms with Crippen LogP contribution in [0, 0.1) is 5.92 Å². The van der Waals surface area contributed by atoms with Crippen LogP contribution in [0.25, 0.3) is 10.8 Å². The fourth-order valence-electron chi connectivity index (χ4n) is 6.34. The standard InChI is InChI=1S/C41H53N7O8.2ClH/c1-26(2)19-33(36(49)22-37(50)45-32(40(53)54)17-8-9-18-42)46-39(52)35(21-30-23-43-25-44-30)47-38(51)34(48-41(55)56-24-27-11-4-3-5-12-27)20-29-15-10-14-28-13-6-7-16-31(28)29;;/h3-7,10-16,23,25-26,32-36,49H,8-9,17-22,24,42H2,1-2H3,(H,43,44)(H,45,50)(H,46,52)(H,47,51)(H,48,55)(H,53,54);2*1H/t32-,33-,34-,35-,36-;;/m0../s1. The van der Waals surface area contributed by atoms with E-state index >= 15 is 0 Å². The van der Waals surface area contributed by atoms with Crippen LogP contribution in [-0.2, 0) is 43.4 Å². The molecule has 0 aliphatic carbocycles. The molecule has 4 amide bonds. The third-order valence-corrected chi connectivity index (χ3v) is 9.23. The second kappa shape index (κ2) is 25.2. The Hall–Kier alpha value is -5.22. The molecule has 0 aliphatic rings. The number of aromatic amines is 1. The Morgan fingerprint density at radius 2 is 1.48 bits per heavy atom. The highest BCUT2D eigenvalue weighted by molar-refractivity contribution is 5.93. The van der Waals surface area contributed by atoms with Crippen molar-refractivity contribution >= 4 is 65.4 Å². The number of alkyl carbamates (subject to hydrolysis) is 1. The molecular formula is C41H55Cl2N7O8. The fraction of sp³-hybridized carbons (Fsp3) is 0.415. The molecule has 0 radical (unpaired) electrons. The molecule has 15 nitrogen and oxygen atoms in total. The Labute approximate surface area is 350 Å². The van der Waals surface area contributed by atoms with E-state index < -0.39 is 66.5 Å². The minimum atomic E-state index is -1.39. The van der Waals surface area contributed by atoms with Crippen molar-refractivity contribution in [2.24, 2.45) is 11.7 Å². The van der Waals surface area contributed by atoms with Crippen molar-refractivity contribution < 1.29 is 38.9 Å². The van der Waals surface area contributed by atoms with Crippen LogP contribution in [0.3, 0.4) is 0 Å². The summed E-state index contributed by atoms with van der Waals surface area (Å²) in [7, 11) is 0. The van der Waals surface area contributed by atoms with Crippen molar-refractivity contribution in [3.63, 3.8) is 0 Å². The molecule has 316 valence electrons. The lowest BCUT2D eigenvalue weighted by Gasteiger charge is -2.29. The number of hydrogen-bond acceptors (Lipinski definition) is 9. The number of halogens is 2. The first kappa shape index (κ1) is 48.9. The van der Waals surface area contributed by atoms with Gasteiger partial charge in [-0.3, -0.25) is 14.4 Å². The van der Waals surface area contributed by atoms with Crippen LogP contribution < -0.4 is 27.0 Å². The summed E-state index contributed by atoms with van der Waals surface area (Å²) in [6.07, 6.45) is 1.84. The Balaban J connectivity index is 0.00000580. The fourth-order valence-corrected chi connectivity index (χ4v) is 6.34. The van der Waals surface area contributed by atoms with Crippen molar-refractivity contribution in [1.29, 1.82) is 0 Å². The number of fused-ring (bicyclic) bond motifs is 1. The summed E-state index contributed by atoms with van der Waals surface area (Å²) in [6, 6.07) is 17.9. The number of imidazole rings is 1. The third kappa shape index (κ3) is 16.0. The van der Waals surface area contributed by atoms with Gasteiger partial charge in [0, 0.05) is 24.7 Å². The van der Waals surface area contributed by atoms with Gasteiger partial charge in [-0.05, 0) is 60.0 Å². The van der Waals surface area contributed by atoms with E-state index in [1.165, 1.54) is 12.5 Å². The Kier molecular flexibility index (Phi) is 21.3. The topological polar surface area (TPSA) is 238 Å². The zero-order chi connectivity index (χ0) is 40.5. The number of carbonyl (C=O) groups is 5. The van der Waals surface area contributed by atoms with Gasteiger partial charge in [-0.15, -0.1) is 24.8 Å². The summed E-state index contributed by atoms with van der Waals surface area (Å²) in [5.41, 5.74) is 7.58. The SMILES string of the molecule is CC(C)C[C@H](NC(=O)[C@H](Cc1cnc[nH]1)NC(=O)[C@H](Cc1cccc2ccccc12)NC(=O)OCc1ccccc1)[C@@H](O)CC(=O)N[C@@H](CCCCN)C(=O)O.Cl.Cl. The molecule has 0 fully saturated rings. The number of unbranched alkanes of at least 4 members (excludes halogenated alkanes) is 1. The number of ether oxygens (including phenoxy) is 1. The molecule has 4 rings (SSSR count). The highest BCUT2D eigenvalue weighted by atomic mass is 35.5. The maximum Gasteiger partial charge on any atom is 0.408 e. The van der Waals surface area contributed by atoms with Gasteiger partial charge in [0.15, 0.2) is 0 Å². The quantitative estimate of drug-likeness (QED) is 0.0531. The van der Waals surface area contributed by atoms with Crippen molar-refractivity contribution in [2.75, 3.05) is 6.54 Å². The van der Waals surface area contributed by atoms with Crippen molar-refractivity contribution in [1.82, 2.24) is 31.2 Å². The maximum absolute atomic E-state index is 14.2. The zero-order valence-electron chi connectivity index (χ0n) is 32.6. The van der Waals surface area contributed by atoms with Gasteiger partial charge in [-0.2, -0.15) is 0 Å². The smallest absolute Gasteiger partial charge is 0.408 e. The number of rotatable bonds is 22. The number of benzene rings is 3. The summed E-state index contributed by atoms with van der Waals surface area (Å²) < 4.78 is 5.46. The minimum Gasteiger partial charge on any atom is -0.480 e. The van der Waals surface area contributed by atoms with Crippen molar-refractivity contribution in [3.8, 4) is 0 Å². The van der Waals surface area contributed by atoms with E-state index in [2.05, 4.69) is 31.2 Å². The van der Waals surface area contributed by atoms with Crippen LogP contribution in [0.15, 0.2) is 85.3 Å². The van der Waals surface area contributed by atoms with E-state index in [1.54, 1.807) is 12.1 Å². The number of nitrogens with two attached hydrogens (primary N) is 1. The zero-order valence-corrected chi connectivity index (χ0v) is 34.2. The number of H-pyrrole nitrogens is 1. The average Bonchev–Trinajstić information content (AvgIpc) is 3.69. The second-order valence-electron chi connectivity index (χ2n) is 14.2. The molecule has 1 heterocycles. The van der Waals surface area contributed by atoms with Crippen LogP contribution in [0.2, 0.25) is 0 Å². The number of aliphatic carboxylic acids is 1. The molecule has 4 aromatic rings. The van der Waals surface area contributed by atoms with E-state index in [0.717, 1.165) is 21.9 Å². The van der Waals surface area contributed by atoms with Gasteiger partial charge in [0.05, 0.1) is 24.9 Å². The molecule has 0 bridgehead atoms. The van der Waals surface area contributed by atoms with Gasteiger partial charge in [0.2, 0.25) is 17.7 Å². The van der Waals surface area contributed by atoms with Crippen LogP contribution in [0.4, 0.5) is 4.79 Å². The molecule has 0 saturated heterocycles. The molecule has 0 spiro atoms. The van der Waals surface area contributed by atoms with E-state index in [-0.39, 0.29) is 63.0 Å². The number of carbonyl (C=O) groups excluding carboxylic acids is 4. The summed E-state index contributed by atoms with van der Waals surface area (Å²) in [6.45, 7) is 4.13. The van der Waals surface area contributed by atoms with E-state index in [1.807, 2.05) is 74.5 Å². The molecule has 58 heavy (non-hydrogen) atoms. The first-order chi connectivity index (χ1) is 26.9. The average molecular weight is 845 g/mol. The van der Waals surface area contributed by atoms with Gasteiger partial charge in [0.1, 0.15) is 24.7 Å². The first-order valence-corrected chi connectivity index (χ1v) is 18.9. The number of carboxylic acids is 1. The number of hydrogen-bond donors (Lipinski definition) is 8.